The average Bonchev–Trinajstić information content (AvgIpc) is 3.29. The molecule has 6 nitrogen and oxygen atoms in total. The molecule has 0 atom stereocenters. The molecule has 3 aromatic rings. The number of hydrogen-bond donors (Lipinski definition) is 1. The van der Waals surface area contributed by atoms with Gasteiger partial charge in [0.05, 0.1) is 15.9 Å². The van der Waals surface area contributed by atoms with Gasteiger partial charge in [-0.25, -0.2) is 4.98 Å². The summed E-state index contributed by atoms with van der Waals surface area (Å²) in [6.45, 7) is 5.48. The maximum atomic E-state index is 12.6. The molecule has 0 aliphatic heterocycles. The zero-order valence-electron chi connectivity index (χ0n) is 15.3. The van der Waals surface area contributed by atoms with Crippen molar-refractivity contribution >= 4 is 32.6 Å². The minimum absolute atomic E-state index is 0.166. The van der Waals surface area contributed by atoms with E-state index >= 15 is 0 Å². The zero-order valence-corrected chi connectivity index (χ0v) is 16.1. The Labute approximate surface area is 156 Å². The van der Waals surface area contributed by atoms with E-state index in [1.54, 1.807) is 10.7 Å². The molecule has 1 saturated carbocycles. The number of carbonyl (C=O) groups is 1. The molecule has 1 aliphatic rings. The van der Waals surface area contributed by atoms with Gasteiger partial charge in [0.15, 0.2) is 5.13 Å². The third-order valence-corrected chi connectivity index (χ3v) is 5.64. The van der Waals surface area contributed by atoms with E-state index in [9.17, 15) is 4.79 Å². The highest BCUT2D eigenvalue weighted by atomic mass is 32.1. The predicted molar refractivity (Wildman–Crippen MR) is 105 cm³/mol. The number of anilines is 1. The summed E-state index contributed by atoms with van der Waals surface area (Å²) in [4.78, 5) is 19.5. The van der Waals surface area contributed by atoms with Gasteiger partial charge in [-0.15, -0.1) is 0 Å². The van der Waals surface area contributed by atoms with Crippen molar-refractivity contribution in [3.05, 3.63) is 41.2 Å². The Morgan fingerprint density at radius 2 is 2.19 bits per heavy atom. The van der Waals surface area contributed by atoms with Crippen molar-refractivity contribution in [1.29, 1.82) is 0 Å². The van der Waals surface area contributed by atoms with Gasteiger partial charge in [-0.05, 0) is 57.5 Å². The van der Waals surface area contributed by atoms with Crippen LogP contribution in [0.15, 0.2) is 24.3 Å². The van der Waals surface area contributed by atoms with Crippen LogP contribution in [0.3, 0.4) is 0 Å². The second-order valence-corrected chi connectivity index (χ2v) is 7.94. The lowest BCUT2D eigenvalue weighted by atomic mass is 10.2. The average molecular weight is 369 g/mol. The molecule has 1 aromatic carbocycles. The molecule has 0 radical (unpaired) electrons. The van der Waals surface area contributed by atoms with Crippen molar-refractivity contribution in [3.63, 3.8) is 0 Å². The highest BCUT2D eigenvalue weighted by Crippen LogP contribution is 2.30. The number of carbonyl (C=O) groups excluding carboxylic acids is 1. The van der Waals surface area contributed by atoms with Gasteiger partial charge in [-0.3, -0.25) is 19.7 Å². The molecule has 2 heterocycles. The lowest BCUT2D eigenvalue weighted by molar-refractivity contribution is 0.101. The number of amides is 1. The first kappa shape index (κ1) is 17.2. The normalized spacial score (nSPS) is 14.3. The highest BCUT2D eigenvalue weighted by Gasteiger charge is 2.26. The minimum Gasteiger partial charge on any atom is -0.299 e. The Hall–Kier alpha value is -2.25. The monoisotopic (exact) mass is 369 g/mol. The van der Waals surface area contributed by atoms with E-state index < -0.39 is 0 Å². The Morgan fingerprint density at radius 1 is 1.38 bits per heavy atom. The summed E-state index contributed by atoms with van der Waals surface area (Å²) in [5, 5.41) is 7.87. The van der Waals surface area contributed by atoms with Gasteiger partial charge in [0.1, 0.15) is 5.69 Å². The zero-order chi connectivity index (χ0) is 18.3. The quantitative estimate of drug-likeness (QED) is 0.720. The summed E-state index contributed by atoms with van der Waals surface area (Å²) in [5.74, 6) is -0.166. The van der Waals surface area contributed by atoms with Gasteiger partial charge in [0.2, 0.25) is 0 Å². The SMILES string of the molecule is CCn1nc(C)cc1C(=O)Nc1nc2ccc(CN(C)C3CC3)cc2s1. The summed E-state index contributed by atoms with van der Waals surface area (Å²) in [7, 11) is 2.18. The van der Waals surface area contributed by atoms with Crippen molar-refractivity contribution in [1.82, 2.24) is 19.7 Å². The summed E-state index contributed by atoms with van der Waals surface area (Å²) in [5.41, 5.74) is 3.61. The molecule has 1 amide bonds. The second kappa shape index (κ2) is 6.81. The molecule has 1 fully saturated rings. The smallest absolute Gasteiger partial charge is 0.275 e. The molecule has 26 heavy (non-hydrogen) atoms. The van der Waals surface area contributed by atoms with E-state index in [-0.39, 0.29) is 5.91 Å². The van der Waals surface area contributed by atoms with Crippen molar-refractivity contribution in [2.45, 2.75) is 45.8 Å². The number of fused-ring (bicyclic) bond motifs is 1. The van der Waals surface area contributed by atoms with Gasteiger partial charge >= 0.3 is 0 Å². The fourth-order valence-corrected chi connectivity index (χ4v) is 4.11. The molecule has 2 aromatic heterocycles. The first-order chi connectivity index (χ1) is 12.5. The van der Waals surface area contributed by atoms with Crippen LogP contribution in [0.4, 0.5) is 5.13 Å². The molecule has 1 aliphatic carbocycles. The molecular weight excluding hydrogens is 346 g/mol. The number of aryl methyl sites for hydroxylation is 2. The fourth-order valence-electron chi connectivity index (χ4n) is 3.18. The number of rotatable bonds is 6. The summed E-state index contributed by atoms with van der Waals surface area (Å²) >= 11 is 1.51. The van der Waals surface area contributed by atoms with Crippen LogP contribution in [0, 0.1) is 6.92 Å². The third-order valence-electron chi connectivity index (χ3n) is 4.71. The van der Waals surface area contributed by atoms with Gasteiger partial charge in [0, 0.05) is 19.1 Å². The molecule has 4 rings (SSSR count). The largest absolute Gasteiger partial charge is 0.299 e. The van der Waals surface area contributed by atoms with Crippen molar-refractivity contribution in [2.75, 3.05) is 12.4 Å². The van der Waals surface area contributed by atoms with Gasteiger partial charge in [-0.2, -0.15) is 5.10 Å². The number of nitrogens with zero attached hydrogens (tertiary/aromatic N) is 4. The Kier molecular flexibility index (Phi) is 4.50. The molecule has 1 N–H and O–H groups in total. The highest BCUT2D eigenvalue weighted by molar-refractivity contribution is 7.22. The number of thiazole rings is 1. The lowest BCUT2D eigenvalue weighted by Gasteiger charge is -2.15. The standard InChI is InChI=1S/C19H23N5OS/c1-4-24-16(9-12(2)22-24)18(25)21-19-20-15-8-5-13(10-17(15)26-19)11-23(3)14-6-7-14/h5,8-10,14H,4,6-7,11H2,1-3H3,(H,20,21,25). The molecule has 7 heteroatoms. The number of aromatic nitrogens is 3. The third kappa shape index (κ3) is 3.50. The lowest BCUT2D eigenvalue weighted by Crippen LogP contribution is -2.19. The van der Waals surface area contributed by atoms with Crippen LogP contribution in [0.1, 0.15) is 41.5 Å². The molecule has 0 spiro atoms. The Morgan fingerprint density at radius 3 is 2.92 bits per heavy atom. The maximum absolute atomic E-state index is 12.6. The second-order valence-electron chi connectivity index (χ2n) is 6.91. The van der Waals surface area contributed by atoms with Crippen molar-refractivity contribution < 1.29 is 4.79 Å². The van der Waals surface area contributed by atoms with Crippen molar-refractivity contribution in [2.24, 2.45) is 0 Å². The topological polar surface area (TPSA) is 63.1 Å². The molecule has 136 valence electrons. The minimum atomic E-state index is -0.166. The number of benzene rings is 1. The molecule has 0 saturated heterocycles. The van der Waals surface area contributed by atoms with Crippen LogP contribution in [0.5, 0.6) is 0 Å². The van der Waals surface area contributed by atoms with E-state index in [0.717, 1.165) is 28.5 Å². The Bertz CT molecular complexity index is 956. The Balaban J connectivity index is 1.52. The first-order valence-electron chi connectivity index (χ1n) is 8.99. The summed E-state index contributed by atoms with van der Waals surface area (Å²) < 4.78 is 2.81. The number of nitrogens with one attached hydrogen (secondary N) is 1. The van der Waals surface area contributed by atoms with E-state index in [1.165, 1.54) is 29.7 Å². The summed E-state index contributed by atoms with van der Waals surface area (Å²) in [6, 6.07) is 8.90. The van der Waals surface area contributed by atoms with Crippen LogP contribution >= 0.6 is 11.3 Å². The number of hydrogen-bond acceptors (Lipinski definition) is 5. The van der Waals surface area contributed by atoms with Gasteiger partial charge in [-0.1, -0.05) is 17.4 Å². The van der Waals surface area contributed by atoms with Crippen LogP contribution < -0.4 is 5.32 Å². The molecular formula is C19H23N5OS. The van der Waals surface area contributed by atoms with Crippen LogP contribution in [0.25, 0.3) is 10.2 Å². The van der Waals surface area contributed by atoms with Gasteiger partial charge < -0.3 is 0 Å². The van der Waals surface area contributed by atoms with E-state index in [0.29, 0.717) is 17.4 Å². The molecule has 0 bridgehead atoms. The van der Waals surface area contributed by atoms with E-state index in [1.807, 2.05) is 19.9 Å². The van der Waals surface area contributed by atoms with Crippen molar-refractivity contribution in [3.8, 4) is 0 Å². The van der Waals surface area contributed by atoms with E-state index in [2.05, 4.69) is 39.5 Å². The summed E-state index contributed by atoms with van der Waals surface area (Å²) in [6.07, 6.45) is 2.62. The van der Waals surface area contributed by atoms with Crippen LogP contribution in [-0.4, -0.2) is 38.7 Å². The molecule has 0 unspecified atom stereocenters. The van der Waals surface area contributed by atoms with E-state index in [4.69, 9.17) is 0 Å². The van der Waals surface area contributed by atoms with Gasteiger partial charge in [0.25, 0.3) is 5.91 Å². The predicted octanol–water partition coefficient (Wildman–Crippen LogP) is 3.67. The first-order valence-corrected chi connectivity index (χ1v) is 9.80. The van der Waals surface area contributed by atoms with Crippen LogP contribution in [-0.2, 0) is 13.1 Å². The van der Waals surface area contributed by atoms with Crippen LogP contribution in [0.2, 0.25) is 0 Å². The fraction of sp³-hybridized carbons (Fsp3) is 0.421. The maximum Gasteiger partial charge on any atom is 0.275 e.